The van der Waals surface area contributed by atoms with Gasteiger partial charge in [-0.3, -0.25) is 4.79 Å². The first kappa shape index (κ1) is 16.1. The molecule has 1 unspecified atom stereocenters. The monoisotopic (exact) mass is 297 g/mol. The normalized spacial score (nSPS) is 11.9. The zero-order valence-corrected chi connectivity index (χ0v) is 13.9. The number of nitrogens with one attached hydrogen (secondary N) is 1. The lowest BCUT2D eigenvalue weighted by Crippen LogP contribution is -2.30. The molecule has 0 radical (unpaired) electrons. The molecule has 1 amide bonds. The summed E-state index contributed by atoms with van der Waals surface area (Å²) in [5.74, 6) is 0.608. The van der Waals surface area contributed by atoms with Crippen LogP contribution in [0.15, 0.2) is 36.4 Å². The van der Waals surface area contributed by atoms with Gasteiger partial charge >= 0.3 is 0 Å². The molecule has 0 bridgehead atoms. The lowest BCUT2D eigenvalue weighted by molar-refractivity contribution is -0.122. The fraction of sp³-hybridized carbons (Fsp3) is 0.316. The van der Waals surface area contributed by atoms with E-state index in [4.69, 9.17) is 4.74 Å². The van der Waals surface area contributed by atoms with Crippen LogP contribution in [0.4, 0.5) is 5.69 Å². The van der Waals surface area contributed by atoms with E-state index in [-0.39, 0.29) is 5.91 Å². The van der Waals surface area contributed by atoms with Crippen molar-refractivity contribution in [3.63, 3.8) is 0 Å². The molecule has 2 aromatic carbocycles. The number of rotatable bonds is 4. The van der Waals surface area contributed by atoms with Crippen LogP contribution in [0.1, 0.15) is 29.2 Å². The number of hydrogen-bond donors (Lipinski definition) is 1. The Morgan fingerprint density at radius 2 is 1.59 bits per heavy atom. The molecule has 0 aliphatic rings. The van der Waals surface area contributed by atoms with Crippen LogP contribution in [0.5, 0.6) is 5.75 Å². The smallest absolute Gasteiger partial charge is 0.265 e. The van der Waals surface area contributed by atoms with Gasteiger partial charge in [-0.15, -0.1) is 0 Å². The van der Waals surface area contributed by atoms with E-state index in [0.29, 0.717) is 0 Å². The minimum Gasteiger partial charge on any atom is -0.481 e. The summed E-state index contributed by atoms with van der Waals surface area (Å²) in [6.07, 6.45) is -0.554. The van der Waals surface area contributed by atoms with Crippen molar-refractivity contribution in [2.75, 3.05) is 5.32 Å². The number of aryl methyl sites for hydroxylation is 4. The number of ether oxygens (including phenoxy) is 1. The van der Waals surface area contributed by atoms with Crippen molar-refractivity contribution in [3.8, 4) is 5.75 Å². The SMILES string of the molecule is Cc1ccc(NC(=O)C(C)Oc2cc(C)ccc2C)c(C)c1. The van der Waals surface area contributed by atoms with Crippen molar-refractivity contribution >= 4 is 11.6 Å². The predicted molar refractivity (Wildman–Crippen MR) is 90.6 cm³/mol. The molecule has 2 rings (SSSR count). The van der Waals surface area contributed by atoms with E-state index < -0.39 is 6.10 Å². The summed E-state index contributed by atoms with van der Waals surface area (Å²) in [6, 6.07) is 11.9. The van der Waals surface area contributed by atoms with Gasteiger partial charge < -0.3 is 10.1 Å². The molecule has 2 aromatic rings. The van der Waals surface area contributed by atoms with Gasteiger partial charge in [0.2, 0.25) is 0 Å². The number of carbonyl (C=O) groups is 1. The standard InChI is InChI=1S/C19H23NO2/c1-12-7-9-17(15(4)10-12)20-19(21)16(5)22-18-11-13(2)6-8-14(18)3/h6-11,16H,1-5H3,(H,20,21). The molecule has 0 spiro atoms. The molecular formula is C19H23NO2. The predicted octanol–water partition coefficient (Wildman–Crippen LogP) is 4.33. The molecule has 0 saturated carbocycles. The molecule has 0 aliphatic carbocycles. The van der Waals surface area contributed by atoms with Crippen LogP contribution in [0.2, 0.25) is 0 Å². The van der Waals surface area contributed by atoms with Crippen molar-refractivity contribution in [2.45, 2.75) is 40.7 Å². The van der Waals surface area contributed by atoms with Crippen LogP contribution in [0.3, 0.4) is 0 Å². The molecule has 0 saturated heterocycles. The van der Waals surface area contributed by atoms with E-state index in [2.05, 4.69) is 5.32 Å². The van der Waals surface area contributed by atoms with E-state index in [9.17, 15) is 4.79 Å². The first-order chi connectivity index (χ1) is 10.4. The van der Waals surface area contributed by atoms with E-state index >= 15 is 0 Å². The Morgan fingerprint density at radius 1 is 0.955 bits per heavy atom. The van der Waals surface area contributed by atoms with E-state index in [0.717, 1.165) is 28.1 Å². The number of benzene rings is 2. The third kappa shape index (κ3) is 3.88. The van der Waals surface area contributed by atoms with Gasteiger partial charge in [0.15, 0.2) is 6.10 Å². The summed E-state index contributed by atoms with van der Waals surface area (Å²) in [5.41, 5.74) is 5.19. The van der Waals surface area contributed by atoms with E-state index in [1.165, 1.54) is 5.56 Å². The van der Waals surface area contributed by atoms with E-state index in [1.807, 2.05) is 64.1 Å². The third-order valence-corrected chi connectivity index (χ3v) is 3.66. The molecule has 116 valence electrons. The fourth-order valence-corrected chi connectivity index (χ4v) is 2.27. The van der Waals surface area contributed by atoms with E-state index in [1.54, 1.807) is 6.92 Å². The minimum absolute atomic E-state index is 0.146. The Hall–Kier alpha value is -2.29. The average Bonchev–Trinajstić information content (AvgIpc) is 2.45. The Labute approximate surface area is 132 Å². The Kier molecular flexibility index (Phi) is 4.86. The highest BCUT2D eigenvalue weighted by atomic mass is 16.5. The van der Waals surface area contributed by atoms with Crippen molar-refractivity contribution in [1.29, 1.82) is 0 Å². The maximum Gasteiger partial charge on any atom is 0.265 e. The lowest BCUT2D eigenvalue weighted by Gasteiger charge is -2.17. The van der Waals surface area contributed by atoms with Gasteiger partial charge in [-0.05, 0) is 63.4 Å². The Bertz CT molecular complexity index is 692. The molecule has 3 nitrogen and oxygen atoms in total. The van der Waals surface area contributed by atoms with Crippen molar-refractivity contribution in [2.24, 2.45) is 0 Å². The van der Waals surface area contributed by atoms with Gasteiger partial charge in [0.05, 0.1) is 0 Å². The van der Waals surface area contributed by atoms with Gasteiger partial charge in [0.1, 0.15) is 5.75 Å². The Balaban J connectivity index is 2.07. The maximum atomic E-state index is 12.3. The molecule has 1 atom stereocenters. The van der Waals surface area contributed by atoms with Crippen LogP contribution in [0.25, 0.3) is 0 Å². The topological polar surface area (TPSA) is 38.3 Å². The van der Waals surface area contributed by atoms with Gasteiger partial charge in [0.25, 0.3) is 5.91 Å². The van der Waals surface area contributed by atoms with Gasteiger partial charge in [-0.1, -0.05) is 29.8 Å². The number of hydrogen-bond acceptors (Lipinski definition) is 2. The zero-order chi connectivity index (χ0) is 16.3. The molecule has 22 heavy (non-hydrogen) atoms. The summed E-state index contributed by atoms with van der Waals surface area (Å²) in [7, 11) is 0. The fourth-order valence-electron chi connectivity index (χ4n) is 2.27. The van der Waals surface area contributed by atoms with Crippen LogP contribution < -0.4 is 10.1 Å². The maximum absolute atomic E-state index is 12.3. The molecule has 1 N–H and O–H groups in total. The lowest BCUT2D eigenvalue weighted by atomic mass is 10.1. The van der Waals surface area contributed by atoms with Gasteiger partial charge in [-0.25, -0.2) is 0 Å². The van der Waals surface area contributed by atoms with Crippen LogP contribution in [-0.4, -0.2) is 12.0 Å². The molecule has 0 fully saturated rings. The first-order valence-electron chi connectivity index (χ1n) is 7.49. The highest BCUT2D eigenvalue weighted by Crippen LogP contribution is 2.21. The van der Waals surface area contributed by atoms with Crippen LogP contribution in [0, 0.1) is 27.7 Å². The second-order valence-electron chi connectivity index (χ2n) is 5.84. The van der Waals surface area contributed by atoms with Crippen molar-refractivity contribution < 1.29 is 9.53 Å². The second kappa shape index (κ2) is 6.65. The molecule has 3 heteroatoms. The van der Waals surface area contributed by atoms with Crippen LogP contribution >= 0.6 is 0 Å². The van der Waals surface area contributed by atoms with Crippen molar-refractivity contribution in [1.82, 2.24) is 0 Å². The first-order valence-corrected chi connectivity index (χ1v) is 7.49. The highest BCUT2D eigenvalue weighted by molar-refractivity contribution is 5.94. The van der Waals surface area contributed by atoms with Crippen molar-refractivity contribution in [3.05, 3.63) is 58.7 Å². The minimum atomic E-state index is -0.554. The largest absolute Gasteiger partial charge is 0.481 e. The summed E-state index contributed by atoms with van der Waals surface area (Å²) >= 11 is 0. The third-order valence-electron chi connectivity index (χ3n) is 3.66. The summed E-state index contributed by atoms with van der Waals surface area (Å²) < 4.78 is 5.81. The summed E-state index contributed by atoms with van der Waals surface area (Å²) in [6.45, 7) is 9.76. The van der Waals surface area contributed by atoms with Gasteiger partial charge in [-0.2, -0.15) is 0 Å². The summed E-state index contributed by atoms with van der Waals surface area (Å²) in [4.78, 5) is 12.3. The zero-order valence-electron chi connectivity index (χ0n) is 13.9. The molecule has 0 aromatic heterocycles. The summed E-state index contributed by atoms with van der Waals surface area (Å²) in [5, 5.41) is 2.93. The highest BCUT2D eigenvalue weighted by Gasteiger charge is 2.16. The van der Waals surface area contributed by atoms with Gasteiger partial charge in [0, 0.05) is 5.69 Å². The number of anilines is 1. The second-order valence-corrected chi connectivity index (χ2v) is 5.84. The number of amides is 1. The molecular weight excluding hydrogens is 274 g/mol. The molecule has 0 aliphatic heterocycles. The van der Waals surface area contributed by atoms with Crippen LogP contribution in [-0.2, 0) is 4.79 Å². The average molecular weight is 297 g/mol. The molecule has 0 heterocycles. The quantitative estimate of drug-likeness (QED) is 0.912. The number of carbonyl (C=O) groups excluding carboxylic acids is 1. The Morgan fingerprint density at radius 3 is 2.27 bits per heavy atom.